The number of thiazole rings is 1. The minimum Gasteiger partial charge on any atom is -0.373 e. The predicted octanol–water partition coefficient (Wildman–Crippen LogP) is 2.36. The van der Waals surface area contributed by atoms with Crippen LogP contribution in [0.5, 0.6) is 0 Å². The third kappa shape index (κ3) is 3.02. The third-order valence-corrected chi connectivity index (χ3v) is 4.90. The van der Waals surface area contributed by atoms with Gasteiger partial charge in [0.2, 0.25) is 0 Å². The van der Waals surface area contributed by atoms with Crippen molar-refractivity contribution in [2.24, 2.45) is 13.0 Å². The van der Waals surface area contributed by atoms with Crippen molar-refractivity contribution >= 4 is 11.3 Å². The second kappa shape index (κ2) is 6.25. The van der Waals surface area contributed by atoms with Gasteiger partial charge in [0.1, 0.15) is 0 Å². The van der Waals surface area contributed by atoms with Gasteiger partial charge in [-0.3, -0.25) is 4.68 Å². The summed E-state index contributed by atoms with van der Waals surface area (Å²) in [5, 5.41) is 10.1. The highest BCUT2D eigenvalue weighted by atomic mass is 32.1. The molecule has 1 aliphatic rings. The lowest BCUT2D eigenvalue weighted by Crippen LogP contribution is -2.25. The van der Waals surface area contributed by atoms with E-state index in [1.54, 1.807) is 11.3 Å². The molecule has 0 aromatic carbocycles. The Bertz CT molecular complexity index is 593. The average Bonchev–Trinajstić information content (AvgIpc) is 3.15. The van der Waals surface area contributed by atoms with Gasteiger partial charge in [-0.25, -0.2) is 4.98 Å². The molecule has 1 saturated heterocycles. The van der Waals surface area contributed by atoms with Crippen molar-refractivity contribution in [1.82, 2.24) is 20.1 Å². The lowest BCUT2D eigenvalue weighted by Gasteiger charge is -2.19. The van der Waals surface area contributed by atoms with Gasteiger partial charge in [-0.15, -0.1) is 11.3 Å². The van der Waals surface area contributed by atoms with Crippen molar-refractivity contribution in [3.63, 3.8) is 0 Å². The van der Waals surface area contributed by atoms with E-state index >= 15 is 0 Å². The second-order valence-electron chi connectivity index (χ2n) is 5.66. The summed E-state index contributed by atoms with van der Waals surface area (Å²) < 4.78 is 7.96. The number of ether oxygens (including phenoxy) is 1. The maximum atomic E-state index is 6.01. The van der Waals surface area contributed by atoms with Gasteiger partial charge in [-0.1, -0.05) is 0 Å². The van der Waals surface area contributed by atoms with Crippen LogP contribution in [-0.4, -0.2) is 27.9 Å². The molecule has 1 aliphatic heterocycles. The van der Waals surface area contributed by atoms with E-state index in [4.69, 9.17) is 4.74 Å². The summed E-state index contributed by atoms with van der Waals surface area (Å²) in [6.07, 6.45) is 1.27. The van der Waals surface area contributed by atoms with Crippen LogP contribution in [0.25, 0.3) is 0 Å². The molecule has 3 heterocycles. The van der Waals surface area contributed by atoms with Crippen molar-refractivity contribution in [3.8, 4) is 0 Å². The molecule has 1 N–H and O–H groups in total. The van der Waals surface area contributed by atoms with E-state index in [0.29, 0.717) is 5.92 Å². The standard InChI is InChI=1S/C15H22N4OS/c1-10-14(11(2)19(3)18-10)15-12(4-5-20-15)6-16-7-13-8-21-9-17-13/h8-9,12,15-16H,4-7H2,1-3H3/t12-,15-/m0/s1. The van der Waals surface area contributed by atoms with Crippen LogP contribution in [0.2, 0.25) is 0 Å². The van der Waals surface area contributed by atoms with Gasteiger partial charge in [-0.2, -0.15) is 5.10 Å². The highest BCUT2D eigenvalue weighted by Crippen LogP contribution is 2.37. The quantitative estimate of drug-likeness (QED) is 0.921. The molecule has 5 nitrogen and oxygen atoms in total. The minimum absolute atomic E-state index is 0.168. The van der Waals surface area contributed by atoms with E-state index in [0.717, 1.165) is 37.5 Å². The number of nitrogens with zero attached hydrogens (tertiary/aromatic N) is 3. The first-order valence-corrected chi connectivity index (χ1v) is 8.30. The zero-order valence-electron chi connectivity index (χ0n) is 12.8. The van der Waals surface area contributed by atoms with Gasteiger partial charge in [0.05, 0.1) is 23.0 Å². The smallest absolute Gasteiger partial charge is 0.0901 e. The van der Waals surface area contributed by atoms with Crippen molar-refractivity contribution in [2.75, 3.05) is 13.2 Å². The van der Waals surface area contributed by atoms with E-state index in [1.807, 2.05) is 17.2 Å². The van der Waals surface area contributed by atoms with Gasteiger partial charge in [0.25, 0.3) is 0 Å². The summed E-state index contributed by atoms with van der Waals surface area (Å²) in [5.74, 6) is 0.505. The lowest BCUT2D eigenvalue weighted by molar-refractivity contribution is 0.0893. The predicted molar refractivity (Wildman–Crippen MR) is 83.3 cm³/mol. The highest BCUT2D eigenvalue weighted by molar-refractivity contribution is 7.07. The van der Waals surface area contributed by atoms with Crippen molar-refractivity contribution < 1.29 is 4.74 Å². The maximum Gasteiger partial charge on any atom is 0.0901 e. The normalized spacial score (nSPS) is 22.0. The Labute approximate surface area is 129 Å². The molecule has 2 aromatic heterocycles. The van der Waals surface area contributed by atoms with Gasteiger partial charge >= 0.3 is 0 Å². The third-order valence-electron chi connectivity index (χ3n) is 4.26. The maximum absolute atomic E-state index is 6.01. The number of aryl methyl sites for hydroxylation is 2. The fourth-order valence-corrected chi connectivity index (χ4v) is 3.63. The van der Waals surface area contributed by atoms with E-state index in [9.17, 15) is 0 Å². The molecule has 0 aliphatic carbocycles. The Hall–Kier alpha value is -1.24. The van der Waals surface area contributed by atoms with Gasteiger partial charge in [0.15, 0.2) is 0 Å². The first-order valence-electron chi connectivity index (χ1n) is 7.36. The zero-order valence-corrected chi connectivity index (χ0v) is 13.6. The fourth-order valence-electron chi connectivity index (χ4n) is 3.07. The molecule has 0 radical (unpaired) electrons. The molecule has 2 atom stereocenters. The first-order chi connectivity index (χ1) is 10.2. The van der Waals surface area contributed by atoms with Crippen LogP contribution in [-0.2, 0) is 18.3 Å². The van der Waals surface area contributed by atoms with Crippen LogP contribution in [0.15, 0.2) is 10.9 Å². The Morgan fingerprint density at radius 1 is 1.48 bits per heavy atom. The van der Waals surface area contributed by atoms with E-state index in [1.165, 1.54) is 11.3 Å². The summed E-state index contributed by atoms with van der Waals surface area (Å²) in [5.41, 5.74) is 6.57. The number of nitrogens with one attached hydrogen (secondary N) is 1. The Morgan fingerprint density at radius 3 is 3.00 bits per heavy atom. The Kier molecular flexibility index (Phi) is 4.37. The second-order valence-corrected chi connectivity index (χ2v) is 6.38. The Balaban J connectivity index is 1.65. The van der Waals surface area contributed by atoms with Gasteiger partial charge in [-0.05, 0) is 20.3 Å². The molecule has 0 amide bonds. The molecule has 3 rings (SSSR count). The summed E-state index contributed by atoms with van der Waals surface area (Å²) in [4.78, 5) is 4.30. The number of rotatable bonds is 5. The summed E-state index contributed by atoms with van der Waals surface area (Å²) in [6.45, 7) is 6.82. The minimum atomic E-state index is 0.168. The van der Waals surface area contributed by atoms with Crippen molar-refractivity contribution in [3.05, 3.63) is 33.5 Å². The van der Waals surface area contributed by atoms with Gasteiger partial charge < -0.3 is 10.1 Å². The molecule has 2 aromatic rings. The molecular formula is C15H22N4OS. The van der Waals surface area contributed by atoms with Crippen LogP contribution in [0, 0.1) is 19.8 Å². The van der Waals surface area contributed by atoms with Crippen LogP contribution >= 0.6 is 11.3 Å². The zero-order chi connectivity index (χ0) is 14.8. The van der Waals surface area contributed by atoms with E-state index in [2.05, 4.69) is 34.6 Å². The van der Waals surface area contributed by atoms with Crippen LogP contribution in [0.1, 0.15) is 35.2 Å². The lowest BCUT2D eigenvalue weighted by atomic mass is 9.94. The molecule has 6 heteroatoms. The molecule has 0 saturated carbocycles. The van der Waals surface area contributed by atoms with Crippen LogP contribution < -0.4 is 5.32 Å². The summed E-state index contributed by atoms with van der Waals surface area (Å²) in [6, 6.07) is 0. The average molecular weight is 306 g/mol. The van der Waals surface area contributed by atoms with Crippen molar-refractivity contribution in [2.45, 2.75) is 32.9 Å². The van der Waals surface area contributed by atoms with Crippen LogP contribution in [0.4, 0.5) is 0 Å². The number of aromatic nitrogens is 3. The molecular weight excluding hydrogens is 284 g/mol. The van der Waals surface area contributed by atoms with Crippen molar-refractivity contribution in [1.29, 1.82) is 0 Å². The van der Waals surface area contributed by atoms with Crippen LogP contribution in [0.3, 0.4) is 0 Å². The van der Waals surface area contributed by atoms with E-state index < -0.39 is 0 Å². The molecule has 0 bridgehead atoms. The molecule has 21 heavy (non-hydrogen) atoms. The highest BCUT2D eigenvalue weighted by Gasteiger charge is 2.33. The largest absolute Gasteiger partial charge is 0.373 e. The molecule has 1 fully saturated rings. The fraction of sp³-hybridized carbons (Fsp3) is 0.600. The molecule has 114 valence electrons. The molecule has 0 unspecified atom stereocenters. The summed E-state index contributed by atoms with van der Waals surface area (Å²) in [7, 11) is 2.00. The van der Waals surface area contributed by atoms with Gasteiger partial charge in [0, 0.05) is 49.3 Å². The topological polar surface area (TPSA) is 52.0 Å². The Morgan fingerprint density at radius 2 is 2.33 bits per heavy atom. The number of hydrogen-bond donors (Lipinski definition) is 1. The first kappa shape index (κ1) is 14.7. The monoisotopic (exact) mass is 306 g/mol. The van der Waals surface area contributed by atoms with E-state index in [-0.39, 0.29) is 6.10 Å². The SMILES string of the molecule is Cc1nn(C)c(C)c1[C@H]1OCC[C@H]1CNCc1cscn1. The molecule has 0 spiro atoms. The number of hydrogen-bond acceptors (Lipinski definition) is 5. The summed E-state index contributed by atoms with van der Waals surface area (Å²) >= 11 is 1.64.